The maximum atomic E-state index is 5.77. The molecule has 84 valence electrons. The van der Waals surface area contributed by atoms with Gasteiger partial charge in [-0.2, -0.15) is 15.0 Å². The molecule has 0 aromatic carbocycles. The molecule has 0 atom stereocenters. The Morgan fingerprint density at radius 3 is 2.94 bits per heavy atom. The van der Waals surface area contributed by atoms with Crippen molar-refractivity contribution < 1.29 is 9.15 Å². The lowest BCUT2D eigenvalue weighted by atomic mass is 10.3. The first-order valence-corrected chi connectivity index (χ1v) is 5.24. The summed E-state index contributed by atoms with van der Waals surface area (Å²) in [7, 11) is 0. The van der Waals surface area contributed by atoms with Crippen molar-refractivity contribution in [1.29, 1.82) is 0 Å². The minimum absolute atomic E-state index is 0.109. The van der Waals surface area contributed by atoms with Crippen molar-refractivity contribution in [1.82, 2.24) is 15.0 Å². The number of hydrogen-bond acceptors (Lipinski definition) is 5. The zero-order chi connectivity index (χ0) is 11.4. The summed E-state index contributed by atoms with van der Waals surface area (Å²) in [6, 6.07) is 1.98. The Hall–Kier alpha value is -1.62. The minimum Gasteiger partial charge on any atom is -0.472 e. The molecule has 2 rings (SSSR count). The second-order valence-electron chi connectivity index (χ2n) is 3.07. The minimum atomic E-state index is 0.109. The normalized spacial score (nSPS) is 10.4. The van der Waals surface area contributed by atoms with Crippen LogP contribution in [0.3, 0.4) is 0 Å². The number of nitrogens with zero attached hydrogens (tertiary/aromatic N) is 3. The van der Waals surface area contributed by atoms with E-state index in [9.17, 15) is 0 Å². The third kappa shape index (κ3) is 2.49. The van der Waals surface area contributed by atoms with Crippen LogP contribution in [-0.4, -0.2) is 21.6 Å². The SMILES string of the molecule is CCCOc1nc(Cl)nc(-c2ccoc2)n1. The maximum Gasteiger partial charge on any atom is 0.321 e. The van der Waals surface area contributed by atoms with Crippen molar-refractivity contribution in [3.8, 4) is 17.4 Å². The van der Waals surface area contributed by atoms with E-state index in [1.165, 1.54) is 6.26 Å². The van der Waals surface area contributed by atoms with Crippen molar-refractivity contribution in [2.45, 2.75) is 13.3 Å². The first-order chi connectivity index (χ1) is 7.79. The van der Waals surface area contributed by atoms with Gasteiger partial charge in [0.1, 0.15) is 6.26 Å². The quantitative estimate of drug-likeness (QED) is 0.821. The van der Waals surface area contributed by atoms with Crippen molar-refractivity contribution in [3.63, 3.8) is 0 Å². The number of ether oxygens (including phenoxy) is 1. The van der Waals surface area contributed by atoms with Gasteiger partial charge >= 0.3 is 6.01 Å². The Balaban J connectivity index is 2.29. The van der Waals surface area contributed by atoms with Gasteiger partial charge in [-0.05, 0) is 24.1 Å². The van der Waals surface area contributed by atoms with E-state index in [0.717, 1.165) is 12.0 Å². The number of halogens is 1. The molecule has 2 aromatic rings. The fourth-order valence-electron chi connectivity index (χ4n) is 1.11. The summed E-state index contributed by atoms with van der Waals surface area (Å²) < 4.78 is 10.2. The maximum absolute atomic E-state index is 5.77. The summed E-state index contributed by atoms with van der Waals surface area (Å²) in [5.74, 6) is 0.444. The molecule has 0 saturated carbocycles. The van der Waals surface area contributed by atoms with E-state index in [2.05, 4.69) is 15.0 Å². The summed E-state index contributed by atoms with van der Waals surface area (Å²) >= 11 is 5.77. The highest BCUT2D eigenvalue weighted by Crippen LogP contribution is 2.18. The highest BCUT2D eigenvalue weighted by atomic mass is 35.5. The topological polar surface area (TPSA) is 61.0 Å². The summed E-state index contributed by atoms with van der Waals surface area (Å²) in [6.07, 6.45) is 3.96. The molecule has 0 radical (unpaired) electrons. The molecule has 0 N–H and O–H groups in total. The van der Waals surface area contributed by atoms with Crippen LogP contribution in [0.25, 0.3) is 11.4 Å². The molecule has 2 aromatic heterocycles. The highest BCUT2D eigenvalue weighted by molar-refractivity contribution is 6.28. The monoisotopic (exact) mass is 239 g/mol. The molecule has 0 amide bonds. The third-order valence-corrected chi connectivity index (χ3v) is 1.97. The first-order valence-electron chi connectivity index (χ1n) is 4.86. The molecule has 0 unspecified atom stereocenters. The van der Waals surface area contributed by atoms with E-state index in [-0.39, 0.29) is 11.3 Å². The van der Waals surface area contributed by atoms with Gasteiger partial charge < -0.3 is 9.15 Å². The van der Waals surface area contributed by atoms with Gasteiger partial charge in [-0.25, -0.2) is 0 Å². The molecular weight excluding hydrogens is 230 g/mol. The average molecular weight is 240 g/mol. The molecule has 0 spiro atoms. The van der Waals surface area contributed by atoms with Crippen LogP contribution in [-0.2, 0) is 0 Å². The van der Waals surface area contributed by atoms with E-state index >= 15 is 0 Å². The third-order valence-electron chi connectivity index (χ3n) is 1.80. The number of rotatable bonds is 4. The molecule has 0 aliphatic rings. The van der Waals surface area contributed by atoms with E-state index in [4.69, 9.17) is 20.8 Å². The molecule has 5 nitrogen and oxygen atoms in total. The Morgan fingerprint density at radius 1 is 1.38 bits per heavy atom. The zero-order valence-electron chi connectivity index (χ0n) is 8.68. The molecule has 6 heteroatoms. The molecular formula is C10H10ClN3O2. The van der Waals surface area contributed by atoms with Gasteiger partial charge in [0.2, 0.25) is 5.28 Å². The number of hydrogen-bond donors (Lipinski definition) is 0. The lowest BCUT2D eigenvalue weighted by Gasteiger charge is -2.03. The van der Waals surface area contributed by atoms with E-state index < -0.39 is 0 Å². The van der Waals surface area contributed by atoms with Gasteiger partial charge in [-0.3, -0.25) is 0 Å². The van der Waals surface area contributed by atoms with Crippen molar-refractivity contribution in [3.05, 3.63) is 23.9 Å². The van der Waals surface area contributed by atoms with Crippen LogP contribution in [0.15, 0.2) is 23.0 Å². The first kappa shape index (κ1) is 10.9. The fraction of sp³-hybridized carbons (Fsp3) is 0.300. The summed E-state index contributed by atoms with van der Waals surface area (Å²) in [5, 5.41) is 0.109. The van der Waals surface area contributed by atoms with E-state index in [0.29, 0.717) is 12.4 Å². The van der Waals surface area contributed by atoms with Gasteiger partial charge in [-0.15, -0.1) is 0 Å². The van der Waals surface area contributed by atoms with Gasteiger partial charge in [0.05, 0.1) is 18.4 Å². The molecule has 0 bridgehead atoms. The second kappa shape index (κ2) is 4.94. The number of aromatic nitrogens is 3. The molecule has 0 aliphatic carbocycles. The standard InChI is InChI=1S/C10H10ClN3O2/c1-2-4-16-10-13-8(12-9(11)14-10)7-3-5-15-6-7/h3,5-6H,2,4H2,1H3. The van der Waals surface area contributed by atoms with Crippen LogP contribution in [0.2, 0.25) is 5.28 Å². The predicted octanol–water partition coefficient (Wildman–Crippen LogP) is 2.57. The zero-order valence-corrected chi connectivity index (χ0v) is 9.44. The van der Waals surface area contributed by atoms with Crippen molar-refractivity contribution in [2.75, 3.05) is 6.61 Å². The summed E-state index contributed by atoms with van der Waals surface area (Å²) in [6.45, 7) is 2.55. The Morgan fingerprint density at radius 2 is 2.25 bits per heavy atom. The van der Waals surface area contributed by atoms with Crippen LogP contribution in [0.5, 0.6) is 6.01 Å². The summed E-state index contributed by atoms with van der Waals surface area (Å²) in [4.78, 5) is 12.0. The Bertz CT molecular complexity index is 459. The van der Waals surface area contributed by atoms with E-state index in [1.807, 2.05) is 6.92 Å². The molecule has 0 saturated heterocycles. The van der Waals surface area contributed by atoms with Crippen LogP contribution >= 0.6 is 11.6 Å². The lowest BCUT2D eigenvalue weighted by molar-refractivity contribution is 0.291. The van der Waals surface area contributed by atoms with Crippen LogP contribution in [0, 0.1) is 0 Å². The van der Waals surface area contributed by atoms with Gasteiger partial charge in [0, 0.05) is 0 Å². The predicted molar refractivity (Wildman–Crippen MR) is 58.3 cm³/mol. The number of furan rings is 1. The van der Waals surface area contributed by atoms with Crippen molar-refractivity contribution in [2.24, 2.45) is 0 Å². The highest BCUT2D eigenvalue weighted by Gasteiger charge is 2.08. The van der Waals surface area contributed by atoms with Crippen LogP contribution in [0.1, 0.15) is 13.3 Å². The van der Waals surface area contributed by atoms with Gasteiger partial charge in [0.15, 0.2) is 5.82 Å². The molecule has 16 heavy (non-hydrogen) atoms. The lowest BCUT2D eigenvalue weighted by Crippen LogP contribution is -2.02. The van der Waals surface area contributed by atoms with Crippen LogP contribution in [0.4, 0.5) is 0 Å². The van der Waals surface area contributed by atoms with Crippen molar-refractivity contribution >= 4 is 11.6 Å². The molecule has 0 aliphatic heterocycles. The Kier molecular flexibility index (Phi) is 3.36. The van der Waals surface area contributed by atoms with Gasteiger partial charge in [-0.1, -0.05) is 6.92 Å². The molecule has 0 fully saturated rings. The smallest absolute Gasteiger partial charge is 0.321 e. The fourth-order valence-corrected chi connectivity index (χ4v) is 1.26. The van der Waals surface area contributed by atoms with Crippen LogP contribution < -0.4 is 4.74 Å². The van der Waals surface area contributed by atoms with E-state index in [1.54, 1.807) is 12.3 Å². The largest absolute Gasteiger partial charge is 0.472 e. The van der Waals surface area contributed by atoms with Gasteiger partial charge in [0.25, 0.3) is 0 Å². The second-order valence-corrected chi connectivity index (χ2v) is 3.41. The summed E-state index contributed by atoms with van der Waals surface area (Å²) in [5.41, 5.74) is 0.741. The molecule has 2 heterocycles. The Labute approximate surface area is 97.5 Å². The average Bonchev–Trinajstić information content (AvgIpc) is 2.79.